The van der Waals surface area contributed by atoms with Crippen LogP contribution in [0.15, 0.2) is 12.4 Å². The van der Waals surface area contributed by atoms with Crippen molar-refractivity contribution >= 4 is 5.91 Å². The van der Waals surface area contributed by atoms with Crippen molar-refractivity contribution in [2.24, 2.45) is 11.8 Å². The summed E-state index contributed by atoms with van der Waals surface area (Å²) in [7, 11) is 0. The Balaban J connectivity index is 1.41. The third-order valence-corrected chi connectivity index (χ3v) is 4.00. The molecule has 2 unspecified atom stereocenters. The van der Waals surface area contributed by atoms with Crippen molar-refractivity contribution in [3.05, 3.63) is 18.0 Å². The third kappa shape index (κ3) is 2.00. The minimum absolute atomic E-state index is 0.0588. The second kappa shape index (κ2) is 4.03. The predicted octanol–water partition coefficient (Wildman–Crippen LogP) is 1.50. The van der Waals surface area contributed by atoms with Crippen molar-refractivity contribution in [3.8, 4) is 0 Å². The number of aryl methyl sites for hydroxylation is 1. The molecular weight excluding hydrogens is 240 g/mol. The summed E-state index contributed by atoms with van der Waals surface area (Å²) in [4.78, 5) is 11.6. The molecule has 0 aromatic carbocycles. The number of halogens is 2. The van der Waals surface area contributed by atoms with Gasteiger partial charge in [0.15, 0.2) is 0 Å². The monoisotopic (exact) mass is 255 g/mol. The number of hydrogen-bond donors (Lipinski definition) is 2. The standard InChI is InChI=1S/C12H15F2N3O/c13-12(14)9-3-8(4-10(9)12)17-11(18)2-1-7-5-15-16-6-7/h5-6,8-10H,1-4H2,(H,15,16)(H,17,18). The molecule has 0 radical (unpaired) electrons. The molecular formula is C12H15F2N3O. The van der Waals surface area contributed by atoms with Crippen molar-refractivity contribution in [1.29, 1.82) is 0 Å². The van der Waals surface area contributed by atoms with E-state index in [4.69, 9.17) is 0 Å². The van der Waals surface area contributed by atoms with Gasteiger partial charge in [-0.3, -0.25) is 9.89 Å². The first-order valence-corrected chi connectivity index (χ1v) is 6.22. The van der Waals surface area contributed by atoms with Gasteiger partial charge in [-0.15, -0.1) is 0 Å². The zero-order valence-corrected chi connectivity index (χ0v) is 9.83. The van der Waals surface area contributed by atoms with Crippen LogP contribution in [0, 0.1) is 11.8 Å². The van der Waals surface area contributed by atoms with Crippen LogP contribution >= 0.6 is 0 Å². The Morgan fingerprint density at radius 2 is 2.22 bits per heavy atom. The number of aromatic amines is 1. The molecule has 1 aromatic rings. The van der Waals surface area contributed by atoms with E-state index in [2.05, 4.69) is 15.5 Å². The summed E-state index contributed by atoms with van der Waals surface area (Å²) in [5.74, 6) is -3.50. The van der Waals surface area contributed by atoms with E-state index in [0.29, 0.717) is 25.7 Å². The van der Waals surface area contributed by atoms with Gasteiger partial charge in [-0.05, 0) is 24.8 Å². The minimum atomic E-state index is -2.46. The largest absolute Gasteiger partial charge is 0.353 e. The van der Waals surface area contributed by atoms with Crippen LogP contribution in [0.5, 0.6) is 0 Å². The maximum Gasteiger partial charge on any atom is 0.254 e. The minimum Gasteiger partial charge on any atom is -0.353 e. The Kier molecular flexibility index (Phi) is 2.60. The van der Waals surface area contributed by atoms with Crippen LogP contribution in [-0.2, 0) is 11.2 Å². The molecule has 1 amide bonds. The molecule has 98 valence electrons. The number of nitrogens with zero attached hydrogens (tertiary/aromatic N) is 1. The molecule has 18 heavy (non-hydrogen) atoms. The zero-order valence-electron chi connectivity index (χ0n) is 9.83. The Morgan fingerprint density at radius 3 is 2.83 bits per heavy atom. The summed E-state index contributed by atoms with van der Waals surface area (Å²) in [6.07, 6.45) is 5.28. The number of amides is 1. The number of fused-ring (bicyclic) bond motifs is 1. The lowest BCUT2D eigenvalue weighted by Crippen LogP contribution is -2.35. The van der Waals surface area contributed by atoms with E-state index in [1.54, 1.807) is 12.4 Å². The Labute approximate surface area is 103 Å². The fraction of sp³-hybridized carbons (Fsp3) is 0.667. The molecule has 0 spiro atoms. The highest BCUT2D eigenvalue weighted by atomic mass is 19.3. The Bertz CT molecular complexity index is 432. The van der Waals surface area contributed by atoms with Gasteiger partial charge in [0, 0.05) is 30.5 Å². The van der Waals surface area contributed by atoms with Crippen LogP contribution < -0.4 is 5.32 Å². The van der Waals surface area contributed by atoms with Gasteiger partial charge < -0.3 is 5.32 Å². The first-order valence-electron chi connectivity index (χ1n) is 6.22. The van der Waals surface area contributed by atoms with Crippen molar-refractivity contribution in [2.75, 3.05) is 0 Å². The normalized spacial score (nSPS) is 32.0. The zero-order chi connectivity index (χ0) is 12.8. The third-order valence-electron chi connectivity index (χ3n) is 4.00. The Hall–Kier alpha value is -1.46. The first-order chi connectivity index (χ1) is 8.57. The predicted molar refractivity (Wildman–Crippen MR) is 60.0 cm³/mol. The summed E-state index contributed by atoms with van der Waals surface area (Å²) >= 11 is 0. The highest BCUT2D eigenvalue weighted by Gasteiger charge is 2.71. The van der Waals surface area contributed by atoms with E-state index in [0.717, 1.165) is 5.56 Å². The van der Waals surface area contributed by atoms with Crippen molar-refractivity contribution in [3.63, 3.8) is 0 Å². The van der Waals surface area contributed by atoms with Crippen LogP contribution in [0.3, 0.4) is 0 Å². The number of nitrogens with one attached hydrogen (secondary N) is 2. The summed E-state index contributed by atoms with van der Waals surface area (Å²) in [6.45, 7) is 0. The van der Waals surface area contributed by atoms with Gasteiger partial charge in [-0.2, -0.15) is 5.10 Å². The van der Waals surface area contributed by atoms with E-state index < -0.39 is 17.8 Å². The van der Waals surface area contributed by atoms with E-state index in [-0.39, 0.29) is 11.9 Å². The van der Waals surface area contributed by atoms with Gasteiger partial charge in [0.2, 0.25) is 5.91 Å². The number of carbonyl (C=O) groups is 1. The number of aromatic nitrogens is 2. The molecule has 1 heterocycles. The highest BCUT2D eigenvalue weighted by Crippen LogP contribution is 2.63. The van der Waals surface area contributed by atoms with Gasteiger partial charge in [0.05, 0.1) is 6.20 Å². The van der Waals surface area contributed by atoms with E-state index in [1.807, 2.05) is 0 Å². The van der Waals surface area contributed by atoms with Crippen LogP contribution in [0.25, 0.3) is 0 Å². The fourth-order valence-electron chi connectivity index (χ4n) is 2.90. The van der Waals surface area contributed by atoms with Crippen molar-refractivity contribution < 1.29 is 13.6 Å². The van der Waals surface area contributed by atoms with Crippen LogP contribution in [-0.4, -0.2) is 28.1 Å². The second-order valence-electron chi connectivity index (χ2n) is 5.23. The number of rotatable bonds is 4. The van der Waals surface area contributed by atoms with Gasteiger partial charge in [0.1, 0.15) is 0 Å². The molecule has 6 heteroatoms. The molecule has 2 N–H and O–H groups in total. The van der Waals surface area contributed by atoms with Gasteiger partial charge in [-0.1, -0.05) is 0 Å². The fourth-order valence-corrected chi connectivity index (χ4v) is 2.90. The average Bonchev–Trinajstić information content (AvgIpc) is 2.81. The summed E-state index contributed by atoms with van der Waals surface area (Å²) < 4.78 is 25.9. The van der Waals surface area contributed by atoms with Crippen molar-refractivity contribution in [1.82, 2.24) is 15.5 Å². The molecule has 2 aliphatic carbocycles. The maximum atomic E-state index is 13.0. The summed E-state index contributed by atoms with van der Waals surface area (Å²) in [6, 6.07) is -0.0588. The topological polar surface area (TPSA) is 57.8 Å². The summed E-state index contributed by atoms with van der Waals surface area (Å²) in [5.41, 5.74) is 0.978. The molecule has 1 aromatic heterocycles. The van der Waals surface area contributed by atoms with Crippen LogP contribution in [0.2, 0.25) is 0 Å². The molecule has 2 atom stereocenters. The Morgan fingerprint density at radius 1 is 1.50 bits per heavy atom. The van der Waals surface area contributed by atoms with Gasteiger partial charge in [0.25, 0.3) is 5.92 Å². The molecule has 3 rings (SSSR count). The van der Waals surface area contributed by atoms with Crippen LogP contribution in [0.1, 0.15) is 24.8 Å². The number of hydrogen-bond acceptors (Lipinski definition) is 2. The quantitative estimate of drug-likeness (QED) is 0.856. The van der Waals surface area contributed by atoms with Crippen LogP contribution in [0.4, 0.5) is 8.78 Å². The first kappa shape index (κ1) is 11.6. The molecule has 2 aliphatic rings. The maximum absolute atomic E-state index is 13.0. The molecule has 2 saturated carbocycles. The molecule has 0 bridgehead atoms. The highest BCUT2D eigenvalue weighted by molar-refractivity contribution is 5.76. The molecule has 2 fully saturated rings. The van der Waals surface area contributed by atoms with Crippen molar-refractivity contribution in [2.45, 2.75) is 37.6 Å². The van der Waals surface area contributed by atoms with E-state index in [1.165, 1.54) is 0 Å². The van der Waals surface area contributed by atoms with E-state index >= 15 is 0 Å². The lowest BCUT2D eigenvalue weighted by molar-refractivity contribution is -0.122. The van der Waals surface area contributed by atoms with Gasteiger partial charge >= 0.3 is 0 Å². The summed E-state index contributed by atoms with van der Waals surface area (Å²) in [5, 5.41) is 9.31. The number of alkyl halides is 2. The number of carbonyl (C=O) groups excluding carboxylic acids is 1. The lowest BCUT2D eigenvalue weighted by Gasteiger charge is -2.15. The SMILES string of the molecule is O=C(CCc1cn[nH]c1)NC1CC2C(C1)C2(F)F. The smallest absolute Gasteiger partial charge is 0.254 e. The number of H-pyrrole nitrogens is 1. The van der Waals surface area contributed by atoms with E-state index in [9.17, 15) is 13.6 Å². The lowest BCUT2D eigenvalue weighted by atomic mass is 10.1. The molecule has 0 saturated heterocycles. The second-order valence-corrected chi connectivity index (χ2v) is 5.23. The van der Waals surface area contributed by atoms with Gasteiger partial charge in [-0.25, -0.2) is 8.78 Å². The molecule has 4 nitrogen and oxygen atoms in total. The average molecular weight is 255 g/mol. The molecule has 0 aliphatic heterocycles.